The molecule has 2 rings (SSSR count). The summed E-state index contributed by atoms with van der Waals surface area (Å²) in [6, 6.07) is 8.29. The van der Waals surface area contributed by atoms with Gasteiger partial charge in [-0.1, -0.05) is 6.07 Å². The molecule has 0 fully saturated rings. The lowest BCUT2D eigenvalue weighted by atomic mass is 10.1. The van der Waals surface area contributed by atoms with Gasteiger partial charge in [0, 0.05) is 6.42 Å². The highest BCUT2D eigenvalue weighted by molar-refractivity contribution is 5.43. The summed E-state index contributed by atoms with van der Waals surface area (Å²) in [5, 5.41) is 11.8. The Morgan fingerprint density at radius 1 is 1.11 bits per heavy atom. The lowest BCUT2D eigenvalue weighted by Crippen LogP contribution is -2.19. The average molecular weight is 260 g/mol. The van der Waals surface area contributed by atoms with E-state index in [4.69, 9.17) is 14.7 Å². The number of ether oxygens (including phenoxy) is 2. The fourth-order valence-corrected chi connectivity index (χ4v) is 2.06. The Labute approximate surface area is 114 Å². The van der Waals surface area contributed by atoms with Crippen molar-refractivity contribution in [3.05, 3.63) is 23.8 Å². The lowest BCUT2D eigenvalue weighted by Gasteiger charge is -2.18. The Balaban J connectivity index is 1.67. The van der Waals surface area contributed by atoms with Crippen molar-refractivity contribution in [1.82, 2.24) is 5.32 Å². The standard InChI is InChI=1S/C15H20N2O2/c16-7-2-1-3-8-17-9-6-13-4-5-14-15(12-13)19-11-10-18-14/h4-5,12,17H,1-3,6,8-11H2. The quantitative estimate of drug-likeness (QED) is 0.764. The Kier molecular flexibility index (Phi) is 5.51. The molecule has 0 unspecified atom stereocenters. The van der Waals surface area contributed by atoms with E-state index >= 15 is 0 Å². The molecule has 1 aliphatic heterocycles. The third kappa shape index (κ3) is 4.46. The molecule has 0 bridgehead atoms. The molecular weight excluding hydrogens is 240 g/mol. The van der Waals surface area contributed by atoms with E-state index in [0.717, 1.165) is 43.9 Å². The van der Waals surface area contributed by atoms with Crippen LogP contribution in [-0.4, -0.2) is 26.3 Å². The zero-order chi connectivity index (χ0) is 13.3. The topological polar surface area (TPSA) is 54.3 Å². The molecule has 1 N–H and O–H groups in total. The first-order valence-electron chi connectivity index (χ1n) is 6.86. The SMILES string of the molecule is N#CCCCCNCCc1ccc2c(c1)OCCO2. The molecule has 102 valence electrons. The van der Waals surface area contributed by atoms with Gasteiger partial charge in [0.2, 0.25) is 0 Å². The van der Waals surface area contributed by atoms with Crippen LogP contribution in [-0.2, 0) is 6.42 Å². The zero-order valence-corrected chi connectivity index (χ0v) is 11.2. The van der Waals surface area contributed by atoms with Crippen molar-refractivity contribution in [2.75, 3.05) is 26.3 Å². The maximum absolute atomic E-state index is 8.42. The smallest absolute Gasteiger partial charge is 0.161 e. The van der Waals surface area contributed by atoms with Crippen LogP contribution >= 0.6 is 0 Å². The molecule has 1 aromatic carbocycles. The van der Waals surface area contributed by atoms with Gasteiger partial charge in [-0.25, -0.2) is 0 Å². The summed E-state index contributed by atoms with van der Waals surface area (Å²) in [7, 11) is 0. The van der Waals surface area contributed by atoms with Crippen LogP contribution in [0.5, 0.6) is 11.5 Å². The van der Waals surface area contributed by atoms with Gasteiger partial charge in [-0.3, -0.25) is 0 Å². The molecule has 0 saturated heterocycles. The Hall–Kier alpha value is -1.73. The monoisotopic (exact) mass is 260 g/mol. The van der Waals surface area contributed by atoms with Crippen LogP contribution in [0.15, 0.2) is 18.2 Å². The predicted molar refractivity (Wildman–Crippen MR) is 73.5 cm³/mol. The minimum atomic E-state index is 0.633. The number of fused-ring (bicyclic) bond motifs is 1. The van der Waals surface area contributed by atoms with Crippen LogP contribution in [0.4, 0.5) is 0 Å². The van der Waals surface area contributed by atoms with Crippen LogP contribution in [0, 0.1) is 11.3 Å². The third-order valence-electron chi connectivity index (χ3n) is 3.09. The zero-order valence-electron chi connectivity index (χ0n) is 11.2. The second kappa shape index (κ2) is 7.65. The summed E-state index contributed by atoms with van der Waals surface area (Å²) in [5.74, 6) is 1.71. The van der Waals surface area contributed by atoms with E-state index < -0.39 is 0 Å². The van der Waals surface area contributed by atoms with Gasteiger partial charge in [0.15, 0.2) is 11.5 Å². The summed E-state index contributed by atoms with van der Waals surface area (Å²) >= 11 is 0. The Morgan fingerprint density at radius 2 is 1.95 bits per heavy atom. The molecule has 0 radical (unpaired) electrons. The molecule has 0 saturated carbocycles. The first-order chi connectivity index (χ1) is 9.40. The van der Waals surface area contributed by atoms with Gasteiger partial charge in [-0.05, 0) is 50.0 Å². The van der Waals surface area contributed by atoms with Crippen LogP contribution < -0.4 is 14.8 Å². The minimum absolute atomic E-state index is 0.633. The van der Waals surface area contributed by atoms with Gasteiger partial charge in [-0.2, -0.15) is 5.26 Å². The van der Waals surface area contributed by atoms with E-state index in [1.54, 1.807) is 0 Å². The first kappa shape index (κ1) is 13.7. The van der Waals surface area contributed by atoms with E-state index in [1.165, 1.54) is 5.56 Å². The number of nitrogens with zero attached hydrogens (tertiary/aromatic N) is 1. The molecule has 0 aromatic heterocycles. The minimum Gasteiger partial charge on any atom is -0.486 e. The molecule has 1 heterocycles. The highest BCUT2D eigenvalue weighted by atomic mass is 16.6. The number of rotatable bonds is 7. The van der Waals surface area contributed by atoms with Crippen molar-refractivity contribution < 1.29 is 9.47 Å². The number of hydrogen-bond acceptors (Lipinski definition) is 4. The molecule has 1 aromatic rings. The largest absolute Gasteiger partial charge is 0.486 e. The summed E-state index contributed by atoms with van der Waals surface area (Å²) in [6.45, 7) is 3.20. The predicted octanol–water partition coefficient (Wildman–Crippen LogP) is 2.28. The van der Waals surface area contributed by atoms with Gasteiger partial charge < -0.3 is 14.8 Å². The van der Waals surface area contributed by atoms with Crippen molar-refractivity contribution in [2.24, 2.45) is 0 Å². The summed E-state index contributed by atoms with van der Waals surface area (Å²) in [5.41, 5.74) is 1.26. The van der Waals surface area contributed by atoms with Crippen molar-refractivity contribution >= 4 is 0 Å². The number of hydrogen-bond donors (Lipinski definition) is 1. The number of unbranched alkanes of at least 4 members (excludes halogenated alkanes) is 2. The molecule has 0 aliphatic carbocycles. The normalized spacial score (nSPS) is 13.0. The average Bonchev–Trinajstić information content (AvgIpc) is 2.46. The number of nitriles is 1. The van der Waals surface area contributed by atoms with Crippen molar-refractivity contribution in [3.8, 4) is 17.6 Å². The molecule has 0 amide bonds. The lowest BCUT2D eigenvalue weighted by molar-refractivity contribution is 0.171. The highest BCUT2D eigenvalue weighted by Crippen LogP contribution is 2.30. The molecule has 0 spiro atoms. The molecule has 0 atom stereocenters. The molecule has 4 nitrogen and oxygen atoms in total. The van der Waals surface area contributed by atoms with Gasteiger partial charge in [0.05, 0.1) is 6.07 Å². The fraction of sp³-hybridized carbons (Fsp3) is 0.533. The first-order valence-corrected chi connectivity index (χ1v) is 6.86. The maximum Gasteiger partial charge on any atom is 0.161 e. The Bertz CT molecular complexity index is 440. The van der Waals surface area contributed by atoms with Crippen LogP contribution in [0.25, 0.3) is 0 Å². The molecule has 19 heavy (non-hydrogen) atoms. The van der Waals surface area contributed by atoms with Gasteiger partial charge in [0.1, 0.15) is 13.2 Å². The second-order valence-electron chi connectivity index (χ2n) is 4.59. The summed E-state index contributed by atoms with van der Waals surface area (Å²) in [4.78, 5) is 0. The van der Waals surface area contributed by atoms with E-state index in [1.807, 2.05) is 6.07 Å². The van der Waals surface area contributed by atoms with E-state index in [0.29, 0.717) is 19.6 Å². The molecule has 1 aliphatic rings. The molecule has 4 heteroatoms. The Morgan fingerprint density at radius 3 is 2.79 bits per heavy atom. The van der Waals surface area contributed by atoms with E-state index in [2.05, 4.69) is 23.5 Å². The van der Waals surface area contributed by atoms with Gasteiger partial charge in [-0.15, -0.1) is 0 Å². The van der Waals surface area contributed by atoms with Crippen molar-refractivity contribution in [1.29, 1.82) is 5.26 Å². The van der Waals surface area contributed by atoms with E-state index in [-0.39, 0.29) is 0 Å². The molecular formula is C15H20N2O2. The maximum atomic E-state index is 8.42. The van der Waals surface area contributed by atoms with Gasteiger partial charge in [0.25, 0.3) is 0 Å². The van der Waals surface area contributed by atoms with Crippen LogP contribution in [0.2, 0.25) is 0 Å². The summed E-state index contributed by atoms with van der Waals surface area (Å²) in [6.07, 6.45) is 3.68. The second-order valence-corrected chi connectivity index (χ2v) is 4.59. The van der Waals surface area contributed by atoms with Crippen molar-refractivity contribution in [3.63, 3.8) is 0 Å². The third-order valence-corrected chi connectivity index (χ3v) is 3.09. The number of benzene rings is 1. The number of nitrogens with one attached hydrogen (secondary N) is 1. The van der Waals surface area contributed by atoms with Crippen LogP contribution in [0.3, 0.4) is 0 Å². The van der Waals surface area contributed by atoms with Crippen molar-refractivity contribution in [2.45, 2.75) is 25.7 Å². The van der Waals surface area contributed by atoms with Gasteiger partial charge >= 0.3 is 0 Å². The highest BCUT2D eigenvalue weighted by Gasteiger charge is 2.11. The van der Waals surface area contributed by atoms with Crippen LogP contribution in [0.1, 0.15) is 24.8 Å². The fourth-order valence-electron chi connectivity index (χ4n) is 2.06. The van der Waals surface area contributed by atoms with E-state index in [9.17, 15) is 0 Å². The summed E-state index contributed by atoms with van der Waals surface area (Å²) < 4.78 is 11.1.